The number of rotatable bonds is 2. The minimum Gasteiger partial charge on any atom is -0.511 e. The molecule has 6 aliphatic carbocycles. The molecule has 4 fully saturated rings. The maximum Gasteiger partial charge on any atom is 0.337 e. The summed E-state index contributed by atoms with van der Waals surface area (Å²) in [7, 11) is 0. The highest BCUT2D eigenvalue weighted by Gasteiger charge is 2.91. The third-order valence-electron chi connectivity index (χ3n) is 7.91. The van der Waals surface area contributed by atoms with E-state index >= 15 is 0 Å². The Balaban J connectivity index is 1.69. The molecule has 0 amide bonds. The summed E-state index contributed by atoms with van der Waals surface area (Å²) in [6.45, 7) is 2.06. The summed E-state index contributed by atoms with van der Waals surface area (Å²) in [5, 5.41) is 11.2. The predicted molar refractivity (Wildman–Crippen MR) is 80.0 cm³/mol. The van der Waals surface area contributed by atoms with Crippen LogP contribution in [0.3, 0.4) is 0 Å². The van der Waals surface area contributed by atoms with Crippen molar-refractivity contribution in [3.8, 4) is 0 Å². The first-order valence-corrected chi connectivity index (χ1v) is 8.63. The summed E-state index contributed by atoms with van der Waals surface area (Å²) in [6.07, 6.45) is 8.93. The van der Waals surface area contributed by atoms with Gasteiger partial charge in [-0.2, -0.15) is 0 Å². The second-order valence-electron chi connectivity index (χ2n) is 7.97. The van der Waals surface area contributed by atoms with Gasteiger partial charge in [-0.05, 0) is 37.0 Å². The van der Waals surface area contributed by atoms with Crippen molar-refractivity contribution in [1.29, 1.82) is 0 Å². The Morgan fingerprint density at radius 2 is 1.87 bits per heavy atom. The number of allylic oxidation sites excluding steroid dienone is 4. The van der Waals surface area contributed by atoms with Gasteiger partial charge in [-0.15, -0.1) is 0 Å². The lowest BCUT2D eigenvalue weighted by Gasteiger charge is -2.66. The summed E-state index contributed by atoms with van der Waals surface area (Å²) in [4.78, 5) is 26.0. The standard InChI is InChI=1S/C19H18O4/c1-2-23-17(22)12-10-8-7-9-11(10)15(20)18-5-3-4-6-19(18,16(12)21)13(8)14(9)18/h3-6,8-11,13-14,21H,2,7H2,1H3. The Kier molecular flexibility index (Phi) is 1.82. The van der Waals surface area contributed by atoms with Crippen LogP contribution in [0.25, 0.3) is 0 Å². The molecule has 2 bridgehead atoms. The fourth-order valence-corrected chi connectivity index (χ4v) is 7.75. The molecule has 23 heavy (non-hydrogen) atoms. The highest BCUT2D eigenvalue weighted by Crippen LogP contribution is 2.89. The Bertz CT molecular complexity index is 789. The molecule has 0 aliphatic heterocycles. The molecule has 4 nitrogen and oxygen atoms in total. The van der Waals surface area contributed by atoms with Crippen LogP contribution in [-0.4, -0.2) is 23.5 Å². The smallest absolute Gasteiger partial charge is 0.337 e. The van der Waals surface area contributed by atoms with Crippen molar-refractivity contribution in [2.24, 2.45) is 46.3 Å². The van der Waals surface area contributed by atoms with Gasteiger partial charge in [0.05, 0.1) is 23.0 Å². The number of ketones is 1. The molecule has 0 radical (unpaired) electrons. The molecule has 4 saturated carbocycles. The lowest BCUT2D eigenvalue weighted by molar-refractivity contribution is -0.166. The van der Waals surface area contributed by atoms with Gasteiger partial charge in [0.1, 0.15) is 11.5 Å². The maximum atomic E-state index is 13.4. The van der Waals surface area contributed by atoms with Crippen LogP contribution in [-0.2, 0) is 14.3 Å². The summed E-state index contributed by atoms with van der Waals surface area (Å²) in [6, 6.07) is 0. The number of aliphatic hydroxyl groups excluding tert-OH is 1. The molecule has 0 saturated heterocycles. The number of fused-ring (bicyclic) bond motifs is 1. The van der Waals surface area contributed by atoms with E-state index in [4.69, 9.17) is 4.74 Å². The number of carbonyl (C=O) groups excluding carboxylic acids is 2. The molecule has 118 valence electrons. The van der Waals surface area contributed by atoms with Gasteiger partial charge in [-0.3, -0.25) is 4.79 Å². The normalized spacial score (nSPS) is 55.4. The Labute approximate surface area is 133 Å². The second kappa shape index (κ2) is 3.33. The van der Waals surface area contributed by atoms with E-state index in [0.717, 1.165) is 6.42 Å². The van der Waals surface area contributed by atoms with E-state index in [0.29, 0.717) is 29.2 Å². The Morgan fingerprint density at radius 3 is 2.61 bits per heavy atom. The van der Waals surface area contributed by atoms with Gasteiger partial charge in [0.2, 0.25) is 0 Å². The maximum absolute atomic E-state index is 13.4. The fraction of sp³-hybridized carbons (Fsp3) is 0.579. The zero-order valence-corrected chi connectivity index (χ0v) is 12.9. The molecule has 6 aliphatic rings. The Morgan fingerprint density at radius 1 is 1.22 bits per heavy atom. The Hall–Kier alpha value is -1.84. The number of Topliss-reactive ketones (excluding diaryl/α,β-unsaturated/α-hetero) is 1. The van der Waals surface area contributed by atoms with Crippen LogP contribution in [0.2, 0.25) is 0 Å². The molecule has 0 aromatic rings. The minimum absolute atomic E-state index is 0.0941. The van der Waals surface area contributed by atoms with Crippen molar-refractivity contribution < 1.29 is 19.4 Å². The van der Waals surface area contributed by atoms with Crippen LogP contribution in [0.4, 0.5) is 0 Å². The zero-order valence-electron chi connectivity index (χ0n) is 12.9. The monoisotopic (exact) mass is 310 g/mol. The van der Waals surface area contributed by atoms with Crippen LogP contribution in [0, 0.1) is 46.3 Å². The van der Waals surface area contributed by atoms with Crippen molar-refractivity contribution in [2.45, 2.75) is 13.3 Å². The van der Waals surface area contributed by atoms with Gasteiger partial charge in [0, 0.05) is 11.8 Å². The van der Waals surface area contributed by atoms with E-state index < -0.39 is 16.8 Å². The lowest BCUT2D eigenvalue weighted by atomic mass is 9.34. The number of esters is 1. The molecule has 1 N–H and O–H groups in total. The van der Waals surface area contributed by atoms with Gasteiger partial charge < -0.3 is 9.84 Å². The predicted octanol–water partition coefficient (Wildman–Crippen LogP) is 2.18. The second-order valence-corrected chi connectivity index (χ2v) is 7.97. The van der Waals surface area contributed by atoms with Gasteiger partial charge in [0.25, 0.3) is 0 Å². The number of carbonyl (C=O) groups is 2. The number of aliphatic hydroxyl groups is 1. The van der Waals surface area contributed by atoms with E-state index in [9.17, 15) is 14.7 Å². The van der Waals surface area contributed by atoms with E-state index in [1.54, 1.807) is 6.92 Å². The van der Waals surface area contributed by atoms with Crippen molar-refractivity contribution in [2.75, 3.05) is 6.61 Å². The number of hydrogen-bond donors (Lipinski definition) is 1. The summed E-state index contributed by atoms with van der Waals surface area (Å²) >= 11 is 0. The first-order chi connectivity index (χ1) is 11.1. The quantitative estimate of drug-likeness (QED) is 0.794. The largest absolute Gasteiger partial charge is 0.511 e. The third-order valence-corrected chi connectivity index (χ3v) is 7.91. The molecular weight excluding hydrogens is 292 g/mol. The highest BCUT2D eigenvalue weighted by molar-refractivity contribution is 6.03. The fourth-order valence-electron chi connectivity index (χ4n) is 7.75. The molecule has 0 heterocycles. The molecule has 4 heteroatoms. The molecule has 6 rings (SSSR count). The molecule has 2 spiro atoms. The highest BCUT2D eigenvalue weighted by atomic mass is 16.5. The number of ether oxygens (including phenoxy) is 1. The van der Waals surface area contributed by atoms with Crippen molar-refractivity contribution in [3.05, 3.63) is 35.6 Å². The van der Waals surface area contributed by atoms with Crippen LogP contribution >= 0.6 is 0 Å². The zero-order chi connectivity index (χ0) is 15.7. The summed E-state index contributed by atoms with van der Waals surface area (Å²) < 4.78 is 5.24. The van der Waals surface area contributed by atoms with E-state index in [2.05, 4.69) is 0 Å². The van der Waals surface area contributed by atoms with Gasteiger partial charge in [-0.25, -0.2) is 4.79 Å². The van der Waals surface area contributed by atoms with Gasteiger partial charge >= 0.3 is 5.97 Å². The SMILES string of the molecule is CCOC(=O)C1=C(O)C23C=CC=CC24C(=O)C2C5CC(C12)C3C54. The van der Waals surface area contributed by atoms with E-state index in [1.807, 2.05) is 24.3 Å². The van der Waals surface area contributed by atoms with E-state index in [1.165, 1.54) is 0 Å². The molecule has 8 atom stereocenters. The van der Waals surface area contributed by atoms with Crippen LogP contribution < -0.4 is 0 Å². The van der Waals surface area contributed by atoms with Crippen molar-refractivity contribution >= 4 is 11.8 Å². The van der Waals surface area contributed by atoms with Crippen molar-refractivity contribution in [1.82, 2.24) is 0 Å². The summed E-state index contributed by atoms with van der Waals surface area (Å²) in [5.41, 5.74) is -0.856. The molecule has 0 aromatic carbocycles. The summed E-state index contributed by atoms with van der Waals surface area (Å²) in [5.74, 6) is 1.19. The molecule has 0 aromatic heterocycles. The van der Waals surface area contributed by atoms with Crippen molar-refractivity contribution in [3.63, 3.8) is 0 Å². The molecule has 8 unspecified atom stereocenters. The topological polar surface area (TPSA) is 63.6 Å². The van der Waals surface area contributed by atoms with E-state index in [-0.39, 0.29) is 30.0 Å². The van der Waals surface area contributed by atoms with Gasteiger partial charge in [0.15, 0.2) is 0 Å². The average Bonchev–Trinajstić information content (AvgIpc) is 3.05. The first-order valence-electron chi connectivity index (χ1n) is 8.63. The molecular formula is C19H18O4. The third kappa shape index (κ3) is 0.875. The van der Waals surface area contributed by atoms with Crippen LogP contribution in [0.1, 0.15) is 13.3 Å². The lowest BCUT2D eigenvalue weighted by Crippen LogP contribution is -2.67. The van der Waals surface area contributed by atoms with Gasteiger partial charge in [-0.1, -0.05) is 24.3 Å². The number of hydrogen-bond acceptors (Lipinski definition) is 4. The first kappa shape index (κ1) is 12.6. The average molecular weight is 310 g/mol. The van der Waals surface area contributed by atoms with Crippen LogP contribution in [0.5, 0.6) is 0 Å². The van der Waals surface area contributed by atoms with Crippen LogP contribution in [0.15, 0.2) is 35.6 Å². The minimum atomic E-state index is -0.674.